The highest BCUT2D eigenvalue weighted by Crippen LogP contribution is 2.16. The molecule has 0 unspecified atom stereocenters. The maximum Gasteiger partial charge on any atom is 0.333 e. The first-order valence-corrected chi connectivity index (χ1v) is 8.37. The van der Waals surface area contributed by atoms with Gasteiger partial charge in [0.2, 0.25) is 0 Å². The number of nitrogens with zero attached hydrogens (tertiary/aromatic N) is 1. The van der Waals surface area contributed by atoms with E-state index in [-0.39, 0.29) is 15.4 Å². The largest absolute Gasteiger partial charge is 0.333 e. The van der Waals surface area contributed by atoms with Gasteiger partial charge in [-0.15, -0.1) is 0 Å². The van der Waals surface area contributed by atoms with Gasteiger partial charge in [-0.05, 0) is 30.7 Å². The molecule has 8 heteroatoms. The molecule has 0 atom stereocenters. The number of imide groups is 1. The summed E-state index contributed by atoms with van der Waals surface area (Å²) in [6, 6.07) is 14.0. The van der Waals surface area contributed by atoms with Crippen molar-refractivity contribution in [2.45, 2.75) is 6.92 Å². The monoisotopic (exact) mass is 348 g/mol. The van der Waals surface area contributed by atoms with Gasteiger partial charge in [-0.25, -0.2) is 0 Å². The van der Waals surface area contributed by atoms with E-state index in [1.807, 2.05) is 0 Å². The average Bonchev–Trinajstić information content (AvgIpc) is 2.55. The van der Waals surface area contributed by atoms with Gasteiger partial charge in [0.15, 0.2) is 0 Å². The van der Waals surface area contributed by atoms with Crippen LogP contribution >= 0.6 is 0 Å². The van der Waals surface area contributed by atoms with Crippen LogP contribution in [-0.2, 0) is 15.0 Å². The minimum absolute atomic E-state index is 0.0564. The van der Waals surface area contributed by atoms with Crippen molar-refractivity contribution in [2.75, 3.05) is 7.11 Å². The lowest BCUT2D eigenvalue weighted by Crippen LogP contribution is -2.47. The van der Waals surface area contributed by atoms with Crippen molar-refractivity contribution in [3.63, 3.8) is 0 Å². The molecule has 7 nitrogen and oxygen atoms in total. The van der Waals surface area contributed by atoms with Crippen LogP contribution in [0.5, 0.6) is 0 Å². The van der Waals surface area contributed by atoms with Crippen molar-refractivity contribution in [2.24, 2.45) is 0 Å². The minimum Gasteiger partial charge on any atom is -0.289 e. The van der Waals surface area contributed by atoms with Gasteiger partial charge in [0.1, 0.15) is 0 Å². The number of nitrogens with one attached hydrogen (secondary N) is 1. The van der Waals surface area contributed by atoms with E-state index in [0.717, 1.165) is 7.11 Å². The summed E-state index contributed by atoms with van der Waals surface area (Å²) in [5.41, 5.74) is 0.699. The Hall–Kier alpha value is -2.55. The quantitative estimate of drug-likeness (QED) is 0.655. The van der Waals surface area contributed by atoms with Crippen LogP contribution in [0.25, 0.3) is 0 Å². The normalized spacial score (nSPS) is 11.1. The van der Waals surface area contributed by atoms with E-state index in [4.69, 9.17) is 0 Å². The van der Waals surface area contributed by atoms with Crippen molar-refractivity contribution >= 4 is 22.0 Å². The van der Waals surface area contributed by atoms with Crippen LogP contribution in [0.3, 0.4) is 0 Å². The molecule has 0 bridgehead atoms. The fourth-order valence-electron chi connectivity index (χ4n) is 2.07. The number of amides is 2. The Morgan fingerprint density at radius 2 is 1.54 bits per heavy atom. The lowest BCUT2D eigenvalue weighted by Gasteiger charge is -2.21. The van der Waals surface area contributed by atoms with Gasteiger partial charge in [-0.1, -0.05) is 41.3 Å². The van der Waals surface area contributed by atoms with Crippen LogP contribution in [0.2, 0.25) is 0 Å². The minimum atomic E-state index is -4.52. The Morgan fingerprint density at radius 1 is 0.958 bits per heavy atom. The van der Waals surface area contributed by atoms with Crippen molar-refractivity contribution in [1.29, 1.82) is 0 Å². The smallest absolute Gasteiger partial charge is 0.289 e. The molecule has 2 amide bonds. The Labute approximate surface area is 140 Å². The molecule has 24 heavy (non-hydrogen) atoms. The third kappa shape index (κ3) is 3.67. The van der Waals surface area contributed by atoms with E-state index >= 15 is 0 Å². The molecule has 0 radical (unpaired) electrons. The van der Waals surface area contributed by atoms with Crippen LogP contribution in [0.4, 0.5) is 0 Å². The molecule has 0 aliphatic heterocycles. The van der Waals surface area contributed by atoms with E-state index < -0.39 is 22.0 Å². The van der Waals surface area contributed by atoms with Crippen molar-refractivity contribution in [3.05, 3.63) is 71.3 Å². The van der Waals surface area contributed by atoms with Crippen LogP contribution in [0, 0.1) is 6.92 Å². The Bertz CT molecular complexity index is 850. The van der Waals surface area contributed by atoms with Crippen molar-refractivity contribution in [3.8, 4) is 0 Å². The highest BCUT2D eigenvalue weighted by molar-refractivity contribution is 7.88. The topological polar surface area (TPSA) is 92.8 Å². The summed E-state index contributed by atoms with van der Waals surface area (Å²) in [4.78, 5) is 31.5. The maximum absolute atomic E-state index is 12.7. The molecular formula is C16H16N2O5S. The van der Waals surface area contributed by atoms with E-state index in [0.29, 0.717) is 5.56 Å². The maximum atomic E-state index is 12.7. The first-order chi connectivity index (χ1) is 11.4. The van der Waals surface area contributed by atoms with Crippen LogP contribution < -0.4 is 4.89 Å². The molecule has 0 aliphatic carbocycles. The lowest BCUT2D eigenvalue weighted by atomic mass is 10.1. The molecule has 0 heterocycles. The number of carbonyl (C=O) groups excluding carboxylic acids is 2. The Kier molecular flexibility index (Phi) is 5.45. The van der Waals surface area contributed by atoms with Crippen LogP contribution in [0.15, 0.2) is 54.6 Å². The second-order valence-electron chi connectivity index (χ2n) is 4.85. The summed E-state index contributed by atoms with van der Waals surface area (Å²) in [5, 5.41) is 0. The highest BCUT2D eigenvalue weighted by atomic mass is 32.2. The fourth-order valence-corrected chi connectivity index (χ4v) is 3.00. The number of carbonyl (C=O) groups is 2. The highest BCUT2D eigenvalue weighted by Gasteiger charge is 2.36. The van der Waals surface area contributed by atoms with Gasteiger partial charge >= 0.3 is 10.2 Å². The second-order valence-corrected chi connectivity index (χ2v) is 6.33. The average molecular weight is 348 g/mol. The summed E-state index contributed by atoms with van der Waals surface area (Å²) < 4.78 is 24.8. The Balaban J connectivity index is 2.54. The number of benzene rings is 2. The van der Waals surface area contributed by atoms with Crippen molar-refractivity contribution in [1.82, 2.24) is 9.19 Å². The zero-order valence-corrected chi connectivity index (χ0v) is 13.9. The van der Waals surface area contributed by atoms with E-state index in [1.165, 1.54) is 18.2 Å². The molecule has 0 saturated carbocycles. The summed E-state index contributed by atoms with van der Waals surface area (Å²) in [6.07, 6.45) is 0. The van der Waals surface area contributed by atoms with Crippen LogP contribution in [-0.4, -0.2) is 31.6 Å². The summed E-state index contributed by atoms with van der Waals surface area (Å²) >= 11 is 0. The zero-order valence-electron chi connectivity index (χ0n) is 13.1. The summed E-state index contributed by atoms with van der Waals surface area (Å²) in [5.74, 6) is -1.94. The molecular weight excluding hydrogens is 332 g/mol. The molecule has 1 N–H and O–H groups in total. The number of rotatable bonds is 5. The van der Waals surface area contributed by atoms with Gasteiger partial charge in [0.25, 0.3) is 11.8 Å². The molecule has 0 fully saturated rings. The SMILES string of the molecule is CONS(=O)(=O)N(C(=O)c1ccccc1)C(=O)c1ccccc1C. The predicted molar refractivity (Wildman–Crippen MR) is 87.2 cm³/mol. The second kappa shape index (κ2) is 7.35. The summed E-state index contributed by atoms with van der Waals surface area (Å²) in [6.45, 7) is 1.65. The zero-order chi connectivity index (χ0) is 17.7. The van der Waals surface area contributed by atoms with Crippen molar-refractivity contribution < 1.29 is 22.8 Å². The Morgan fingerprint density at radius 3 is 2.12 bits per heavy atom. The third-order valence-electron chi connectivity index (χ3n) is 3.19. The molecule has 0 saturated heterocycles. The number of hydrogen-bond acceptors (Lipinski definition) is 5. The summed E-state index contributed by atoms with van der Waals surface area (Å²) in [7, 11) is -3.45. The molecule has 126 valence electrons. The van der Waals surface area contributed by atoms with Gasteiger partial charge in [-0.2, -0.15) is 12.7 Å². The van der Waals surface area contributed by atoms with E-state index in [1.54, 1.807) is 48.2 Å². The third-order valence-corrected chi connectivity index (χ3v) is 4.38. The van der Waals surface area contributed by atoms with Gasteiger partial charge in [0.05, 0.1) is 7.11 Å². The standard InChI is InChI=1S/C16H16N2O5S/c1-12-8-6-7-11-14(12)16(20)18(24(21,22)17-23-2)15(19)13-9-4-3-5-10-13/h3-11,17H,1-2H3. The molecule has 2 aromatic carbocycles. The molecule has 0 spiro atoms. The first-order valence-electron chi connectivity index (χ1n) is 6.93. The fraction of sp³-hybridized carbons (Fsp3) is 0.125. The van der Waals surface area contributed by atoms with Crippen LogP contribution in [0.1, 0.15) is 26.3 Å². The van der Waals surface area contributed by atoms with E-state index in [9.17, 15) is 18.0 Å². The molecule has 2 aromatic rings. The van der Waals surface area contributed by atoms with Gasteiger partial charge in [0, 0.05) is 11.1 Å². The molecule has 0 aromatic heterocycles. The number of hydrogen-bond donors (Lipinski definition) is 1. The molecule has 0 aliphatic rings. The van der Waals surface area contributed by atoms with Gasteiger partial charge in [-0.3, -0.25) is 14.4 Å². The predicted octanol–water partition coefficient (Wildman–Crippen LogP) is 1.67. The lowest BCUT2D eigenvalue weighted by molar-refractivity contribution is 0.0709. The number of aryl methyl sites for hydroxylation is 1. The molecule has 2 rings (SSSR count). The van der Waals surface area contributed by atoms with E-state index in [2.05, 4.69) is 4.84 Å². The van der Waals surface area contributed by atoms with Gasteiger partial charge < -0.3 is 0 Å². The first kappa shape index (κ1) is 17.8.